The van der Waals surface area contributed by atoms with Crippen LogP contribution >= 0.6 is 0 Å². The van der Waals surface area contributed by atoms with Crippen LogP contribution in [0.15, 0.2) is 18.2 Å². The predicted octanol–water partition coefficient (Wildman–Crippen LogP) is 3.68. The fourth-order valence-electron chi connectivity index (χ4n) is 1.42. The van der Waals surface area contributed by atoms with Crippen LogP contribution in [0, 0.1) is 0 Å². The first-order chi connectivity index (χ1) is 7.33. The topological polar surface area (TPSA) is 18.5 Å². The molecular weight excluding hydrogens is 188 g/mol. The molecule has 0 amide bonds. The fraction of sp³-hybridized carbons (Fsp3) is 0.538. The largest absolute Gasteiger partial charge is 0.496 e. The first-order valence-corrected chi connectivity index (χ1v) is 5.53. The third-order valence-electron chi connectivity index (χ3n) is 2.03. The van der Waals surface area contributed by atoms with Gasteiger partial charge in [0.2, 0.25) is 0 Å². The van der Waals surface area contributed by atoms with Crippen LogP contribution in [-0.4, -0.2) is 14.2 Å². The van der Waals surface area contributed by atoms with Crippen LogP contribution in [-0.2, 0) is 6.42 Å². The summed E-state index contributed by atoms with van der Waals surface area (Å²) in [4.78, 5) is 0. The van der Waals surface area contributed by atoms with E-state index in [0.717, 1.165) is 29.9 Å². The van der Waals surface area contributed by atoms with Crippen molar-refractivity contribution in [3.63, 3.8) is 0 Å². The third kappa shape index (κ3) is 3.82. The lowest BCUT2D eigenvalue weighted by Crippen LogP contribution is -1.95. The normalized spacial score (nSPS) is 8.87. The highest BCUT2D eigenvalue weighted by atomic mass is 16.5. The van der Waals surface area contributed by atoms with E-state index in [1.165, 1.54) is 0 Å². The van der Waals surface area contributed by atoms with Gasteiger partial charge in [-0.15, -0.1) is 0 Å². The minimum Gasteiger partial charge on any atom is -0.496 e. The summed E-state index contributed by atoms with van der Waals surface area (Å²) < 4.78 is 10.5. The molecule has 0 saturated carbocycles. The fourth-order valence-corrected chi connectivity index (χ4v) is 1.42. The van der Waals surface area contributed by atoms with Gasteiger partial charge in [-0.1, -0.05) is 33.3 Å². The maximum Gasteiger partial charge on any atom is 0.125 e. The molecular formula is C13H22O2. The number of rotatable bonds is 4. The molecule has 0 aliphatic rings. The highest BCUT2D eigenvalue weighted by Gasteiger charge is 2.07. The lowest BCUT2D eigenvalue weighted by molar-refractivity contribution is 0.385. The Labute approximate surface area is 93.2 Å². The molecule has 1 rings (SSSR count). The van der Waals surface area contributed by atoms with E-state index in [-0.39, 0.29) is 0 Å². The Hall–Kier alpha value is -1.18. The van der Waals surface area contributed by atoms with Crippen molar-refractivity contribution in [2.45, 2.75) is 33.6 Å². The lowest BCUT2D eigenvalue weighted by atomic mass is 10.1. The molecule has 0 aromatic heterocycles. The molecule has 1 aromatic rings. The Balaban J connectivity index is 0.000000921. The standard InChI is InChI=1S/C11H16O2.C2H6/c1-4-6-9-10(12-2)7-5-8-11(9)13-3;1-2/h5,7-8H,4,6H2,1-3H3;1-2H3. The Morgan fingerprint density at radius 2 is 1.47 bits per heavy atom. The summed E-state index contributed by atoms with van der Waals surface area (Å²) >= 11 is 0. The number of methoxy groups -OCH3 is 2. The zero-order valence-corrected chi connectivity index (χ0v) is 10.5. The van der Waals surface area contributed by atoms with Gasteiger partial charge in [0, 0.05) is 5.56 Å². The van der Waals surface area contributed by atoms with Gasteiger partial charge in [-0.3, -0.25) is 0 Å². The van der Waals surface area contributed by atoms with Gasteiger partial charge >= 0.3 is 0 Å². The quantitative estimate of drug-likeness (QED) is 0.754. The summed E-state index contributed by atoms with van der Waals surface area (Å²) in [6, 6.07) is 5.87. The number of ether oxygens (including phenoxy) is 2. The minimum absolute atomic E-state index is 0.918. The van der Waals surface area contributed by atoms with Crippen molar-refractivity contribution in [3.05, 3.63) is 23.8 Å². The molecule has 0 saturated heterocycles. The maximum absolute atomic E-state index is 5.26. The summed E-state index contributed by atoms with van der Waals surface area (Å²) in [5, 5.41) is 0. The molecule has 0 radical (unpaired) electrons. The van der Waals surface area contributed by atoms with Crippen molar-refractivity contribution in [1.82, 2.24) is 0 Å². The van der Waals surface area contributed by atoms with Crippen molar-refractivity contribution >= 4 is 0 Å². The molecule has 0 spiro atoms. The molecule has 15 heavy (non-hydrogen) atoms. The Bertz CT molecular complexity index is 247. The molecule has 0 heterocycles. The van der Waals surface area contributed by atoms with E-state index in [9.17, 15) is 0 Å². The monoisotopic (exact) mass is 210 g/mol. The SMILES string of the molecule is CC.CCCc1c(OC)cccc1OC. The van der Waals surface area contributed by atoms with Gasteiger partial charge in [0.05, 0.1) is 14.2 Å². The van der Waals surface area contributed by atoms with Gasteiger partial charge in [-0.25, -0.2) is 0 Å². The number of hydrogen-bond donors (Lipinski definition) is 0. The Kier molecular flexibility index (Phi) is 7.51. The van der Waals surface area contributed by atoms with Crippen LogP contribution in [0.3, 0.4) is 0 Å². The predicted molar refractivity (Wildman–Crippen MR) is 64.9 cm³/mol. The second-order valence-corrected chi connectivity index (χ2v) is 2.89. The van der Waals surface area contributed by atoms with E-state index in [4.69, 9.17) is 9.47 Å². The molecule has 0 atom stereocenters. The molecule has 0 aliphatic carbocycles. The number of benzene rings is 1. The van der Waals surface area contributed by atoms with E-state index in [0.29, 0.717) is 0 Å². The highest BCUT2D eigenvalue weighted by molar-refractivity contribution is 5.44. The van der Waals surface area contributed by atoms with E-state index in [1.54, 1.807) is 14.2 Å². The maximum atomic E-state index is 5.26. The smallest absolute Gasteiger partial charge is 0.125 e. The average molecular weight is 210 g/mol. The third-order valence-corrected chi connectivity index (χ3v) is 2.03. The van der Waals surface area contributed by atoms with E-state index >= 15 is 0 Å². The second kappa shape index (κ2) is 8.16. The van der Waals surface area contributed by atoms with Gasteiger partial charge < -0.3 is 9.47 Å². The van der Waals surface area contributed by atoms with Crippen LogP contribution in [0.5, 0.6) is 11.5 Å². The van der Waals surface area contributed by atoms with Gasteiger partial charge in [-0.2, -0.15) is 0 Å². The summed E-state index contributed by atoms with van der Waals surface area (Å²) in [5.74, 6) is 1.84. The molecule has 1 aromatic carbocycles. The minimum atomic E-state index is 0.918. The molecule has 0 fully saturated rings. The second-order valence-electron chi connectivity index (χ2n) is 2.89. The molecule has 2 heteroatoms. The molecule has 2 nitrogen and oxygen atoms in total. The lowest BCUT2D eigenvalue weighted by Gasteiger charge is -2.11. The highest BCUT2D eigenvalue weighted by Crippen LogP contribution is 2.29. The zero-order valence-electron chi connectivity index (χ0n) is 10.5. The van der Waals surface area contributed by atoms with Gasteiger partial charge in [0.25, 0.3) is 0 Å². The summed E-state index contributed by atoms with van der Waals surface area (Å²) in [7, 11) is 3.38. The first-order valence-electron chi connectivity index (χ1n) is 5.53. The Morgan fingerprint density at radius 3 is 1.80 bits per heavy atom. The van der Waals surface area contributed by atoms with Crippen LogP contribution in [0.2, 0.25) is 0 Å². The summed E-state index contributed by atoms with van der Waals surface area (Å²) in [5.41, 5.74) is 1.16. The van der Waals surface area contributed by atoms with E-state index in [2.05, 4.69) is 6.92 Å². The Morgan fingerprint density at radius 1 is 1.00 bits per heavy atom. The van der Waals surface area contributed by atoms with Gasteiger partial charge in [0.1, 0.15) is 11.5 Å². The van der Waals surface area contributed by atoms with Gasteiger partial charge in [0.15, 0.2) is 0 Å². The van der Waals surface area contributed by atoms with Crippen LogP contribution < -0.4 is 9.47 Å². The molecule has 86 valence electrons. The van der Waals surface area contributed by atoms with Crippen LogP contribution in [0.25, 0.3) is 0 Å². The van der Waals surface area contributed by atoms with Crippen molar-refractivity contribution in [2.24, 2.45) is 0 Å². The zero-order chi connectivity index (χ0) is 11.7. The molecule has 0 bridgehead atoms. The van der Waals surface area contributed by atoms with Crippen molar-refractivity contribution in [2.75, 3.05) is 14.2 Å². The summed E-state index contributed by atoms with van der Waals surface area (Å²) in [6.07, 6.45) is 2.09. The van der Waals surface area contributed by atoms with Gasteiger partial charge in [-0.05, 0) is 18.6 Å². The van der Waals surface area contributed by atoms with Crippen LogP contribution in [0.1, 0.15) is 32.8 Å². The number of hydrogen-bond acceptors (Lipinski definition) is 2. The average Bonchev–Trinajstić information content (AvgIpc) is 2.32. The molecule has 0 N–H and O–H groups in total. The molecule has 0 unspecified atom stereocenters. The van der Waals surface area contributed by atoms with Crippen molar-refractivity contribution < 1.29 is 9.47 Å². The van der Waals surface area contributed by atoms with Crippen molar-refractivity contribution in [1.29, 1.82) is 0 Å². The molecule has 0 aliphatic heterocycles. The first kappa shape index (κ1) is 13.8. The van der Waals surface area contributed by atoms with E-state index < -0.39 is 0 Å². The van der Waals surface area contributed by atoms with Crippen LogP contribution in [0.4, 0.5) is 0 Å². The van der Waals surface area contributed by atoms with E-state index in [1.807, 2.05) is 32.0 Å². The summed E-state index contributed by atoms with van der Waals surface area (Å²) in [6.45, 7) is 6.14. The van der Waals surface area contributed by atoms with Crippen molar-refractivity contribution in [3.8, 4) is 11.5 Å².